The molecular weight excluding hydrogens is 1560 g/mol. The average molecular weight is 1620 g/mol. The summed E-state index contributed by atoms with van der Waals surface area (Å²) in [6.45, 7) is 0. The van der Waals surface area contributed by atoms with Crippen LogP contribution in [0.5, 0.6) is 0 Å². The lowest BCUT2D eigenvalue weighted by Gasteiger charge is -2.14. The van der Waals surface area contributed by atoms with E-state index >= 15 is 0 Å². The highest BCUT2D eigenvalue weighted by atomic mass is 32.1. The summed E-state index contributed by atoms with van der Waals surface area (Å²) >= 11 is 5.64. The molecule has 18 aromatic carbocycles. The molecular formula is C111H63N9S3. The highest BCUT2D eigenvalue weighted by molar-refractivity contribution is 7.27. The summed E-state index contributed by atoms with van der Waals surface area (Å²) in [4.78, 5) is 15.8. The Bertz CT molecular complexity index is 9850. The Hall–Kier alpha value is -15.6. The SMILES string of the molecule is c1ccc(-n2c3ccccc3c3c2ccc2c4c(ccc5c6ccccc6sc54)c4nc5ccccc5n4c23)cc1.c1ccc(-n2c3ccccc3c3cc4c5ccc6sc7ccccc7c6c5c5nc6ccccc6n5c4cc32)cc1.c1ccc(-n2c3ccccc3c3ccc4c5c(ccc6c7ccccc7sc65)c5nc6ccccc6n5c4c32)cc1. The first kappa shape index (κ1) is 67.3. The summed E-state index contributed by atoms with van der Waals surface area (Å²) in [6, 6.07) is 138. The van der Waals surface area contributed by atoms with Crippen LogP contribution in [0.1, 0.15) is 0 Å². The number of fused-ring (bicyclic) bond motifs is 47. The number of aromatic nitrogens is 9. The van der Waals surface area contributed by atoms with Gasteiger partial charge in [0.15, 0.2) is 0 Å². The van der Waals surface area contributed by atoms with E-state index in [4.69, 9.17) is 15.0 Å². The molecule has 0 spiro atoms. The molecule has 0 unspecified atom stereocenters. The molecule has 0 fully saturated rings. The number of thiophene rings is 3. The number of imidazole rings is 3. The Kier molecular flexibility index (Phi) is 14.0. The lowest BCUT2D eigenvalue weighted by Crippen LogP contribution is -1.98. The molecule has 0 bridgehead atoms. The smallest absolute Gasteiger partial charge is 0.147 e. The standard InChI is InChI=1S/3C37H21N3S/c1-2-10-22(11-3-1)39-29-15-7-4-13-25(29)34-31(39)21-20-26-33-27(19-18-24-23-12-5-9-17-32(23)41-36(24)33)37-38-28-14-6-8-16-30(28)40(37)35(26)34;1-2-10-22(11-3-1)39-30-15-7-4-12-23(30)25-18-20-27-33-28(21-19-26-24-13-5-9-17-32(24)41-36(26)33)37-38-29-14-6-8-16-31(29)40(37)35(27)34(25)39;1-2-10-22(11-3-1)39-29-15-7-4-12-23(29)26-20-27-24-18-19-34-35(25-13-5-9-17-33(25)41-34)36(24)37-38-28-14-6-8-16-30(28)40(37)32(27)21-31(26)39/h3*1-21H. The number of rotatable bonds is 3. The van der Waals surface area contributed by atoms with Gasteiger partial charge in [-0.05, 0) is 151 Å². The van der Waals surface area contributed by atoms with Gasteiger partial charge >= 0.3 is 0 Å². The molecule has 30 aromatic rings. The van der Waals surface area contributed by atoms with E-state index in [1.807, 2.05) is 34.0 Å². The Balaban J connectivity index is 0.0000000946. The molecule has 12 aromatic heterocycles. The van der Waals surface area contributed by atoms with Crippen LogP contribution in [-0.2, 0) is 0 Å². The Labute approximate surface area is 710 Å². The van der Waals surface area contributed by atoms with Crippen LogP contribution in [0.15, 0.2) is 382 Å². The molecule has 0 N–H and O–H groups in total. The molecule has 0 radical (unpaired) electrons. The van der Waals surface area contributed by atoms with Crippen LogP contribution in [0.4, 0.5) is 0 Å². The monoisotopic (exact) mass is 1620 g/mol. The van der Waals surface area contributed by atoms with Crippen molar-refractivity contribution in [3.05, 3.63) is 382 Å². The van der Waals surface area contributed by atoms with Crippen LogP contribution in [-0.4, -0.2) is 41.9 Å². The van der Waals surface area contributed by atoms with Gasteiger partial charge in [-0.2, -0.15) is 0 Å². The minimum Gasteiger partial charge on any atom is -0.309 e. The van der Waals surface area contributed by atoms with Gasteiger partial charge < -0.3 is 13.7 Å². The topological polar surface area (TPSA) is 66.7 Å². The van der Waals surface area contributed by atoms with Crippen molar-refractivity contribution >= 4 is 275 Å². The van der Waals surface area contributed by atoms with E-state index in [1.54, 1.807) is 0 Å². The van der Waals surface area contributed by atoms with Crippen molar-refractivity contribution in [2.24, 2.45) is 0 Å². The van der Waals surface area contributed by atoms with E-state index < -0.39 is 0 Å². The summed E-state index contributed by atoms with van der Waals surface area (Å²) in [7, 11) is 0. The molecule has 0 saturated heterocycles. The highest BCUT2D eigenvalue weighted by Crippen LogP contribution is 2.51. The third kappa shape index (κ3) is 9.34. The Morgan fingerprint density at radius 3 is 1.15 bits per heavy atom. The normalized spacial score (nSPS) is 12.4. The van der Waals surface area contributed by atoms with Gasteiger partial charge in [-0.1, -0.05) is 237 Å². The molecule has 30 rings (SSSR count). The van der Waals surface area contributed by atoms with Crippen molar-refractivity contribution in [2.75, 3.05) is 0 Å². The molecule has 9 nitrogen and oxygen atoms in total. The van der Waals surface area contributed by atoms with E-state index in [9.17, 15) is 0 Å². The number of hydrogen-bond donors (Lipinski definition) is 0. The molecule has 0 amide bonds. The van der Waals surface area contributed by atoms with Crippen molar-refractivity contribution < 1.29 is 0 Å². The van der Waals surface area contributed by atoms with E-state index in [0.29, 0.717) is 0 Å². The van der Waals surface area contributed by atoms with Gasteiger partial charge in [-0.3, -0.25) is 13.2 Å². The summed E-state index contributed by atoms with van der Waals surface area (Å²) < 4.78 is 22.4. The second kappa shape index (κ2) is 25.5. The van der Waals surface area contributed by atoms with Crippen molar-refractivity contribution in [2.45, 2.75) is 0 Å². The first-order chi connectivity index (χ1) is 61.1. The lowest BCUT2D eigenvalue weighted by molar-refractivity contribution is 1.18. The average Bonchev–Trinajstić information content (AvgIpc) is 1.55. The van der Waals surface area contributed by atoms with E-state index in [2.05, 4.69) is 409 Å². The van der Waals surface area contributed by atoms with Gasteiger partial charge in [0.1, 0.15) is 16.9 Å². The van der Waals surface area contributed by atoms with Crippen molar-refractivity contribution in [1.82, 2.24) is 41.9 Å². The van der Waals surface area contributed by atoms with Crippen LogP contribution in [0.3, 0.4) is 0 Å². The predicted molar refractivity (Wildman–Crippen MR) is 525 cm³/mol. The summed E-state index contributed by atoms with van der Waals surface area (Å²) in [5.74, 6) is 0. The van der Waals surface area contributed by atoms with Crippen LogP contribution in [0.25, 0.3) is 258 Å². The number of pyridine rings is 3. The van der Waals surface area contributed by atoms with E-state index in [-0.39, 0.29) is 0 Å². The zero-order valence-corrected chi connectivity index (χ0v) is 68.1. The fraction of sp³-hybridized carbons (Fsp3) is 0. The first-order valence-electron chi connectivity index (χ1n) is 41.7. The number of para-hydroxylation sites is 12. The first-order valence-corrected chi connectivity index (χ1v) is 44.2. The van der Waals surface area contributed by atoms with Crippen molar-refractivity contribution in [1.29, 1.82) is 0 Å². The number of hydrogen-bond acceptors (Lipinski definition) is 6. The minimum absolute atomic E-state index is 1.01. The predicted octanol–water partition coefficient (Wildman–Crippen LogP) is 30.8. The highest BCUT2D eigenvalue weighted by Gasteiger charge is 2.28. The lowest BCUT2D eigenvalue weighted by atomic mass is 9.99. The fourth-order valence-corrected chi connectivity index (χ4v) is 24.6. The van der Waals surface area contributed by atoms with Gasteiger partial charge in [0, 0.05) is 153 Å². The quantitative estimate of drug-likeness (QED) is 0.166. The van der Waals surface area contributed by atoms with Gasteiger partial charge in [0.25, 0.3) is 0 Å². The Morgan fingerprint density at radius 2 is 0.561 bits per heavy atom. The third-order valence-corrected chi connectivity index (χ3v) is 29.5. The molecule has 0 aliphatic heterocycles. The molecule has 12 heterocycles. The van der Waals surface area contributed by atoms with Gasteiger partial charge in [0.2, 0.25) is 0 Å². The molecule has 0 aliphatic rings. The van der Waals surface area contributed by atoms with Crippen LogP contribution in [0, 0.1) is 0 Å². The molecule has 0 atom stereocenters. The van der Waals surface area contributed by atoms with Crippen molar-refractivity contribution in [3.8, 4) is 17.1 Å². The fourth-order valence-electron chi connectivity index (χ4n) is 21.0. The second-order valence-corrected chi connectivity index (χ2v) is 35.5. The maximum absolute atomic E-state index is 5.29. The maximum Gasteiger partial charge on any atom is 0.147 e. The minimum atomic E-state index is 1.01. The third-order valence-electron chi connectivity index (χ3n) is 26.0. The van der Waals surface area contributed by atoms with E-state index in [1.165, 1.54) is 191 Å². The van der Waals surface area contributed by atoms with Crippen LogP contribution in [0.2, 0.25) is 0 Å². The molecule has 123 heavy (non-hydrogen) atoms. The maximum atomic E-state index is 5.29. The van der Waals surface area contributed by atoms with Crippen LogP contribution >= 0.6 is 34.0 Å². The zero-order chi connectivity index (χ0) is 80.0. The van der Waals surface area contributed by atoms with Gasteiger partial charge in [0.05, 0.1) is 82.8 Å². The largest absolute Gasteiger partial charge is 0.309 e. The second-order valence-electron chi connectivity index (χ2n) is 32.3. The van der Waals surface area contributed by atoms with Crippen molar-refractivity contribution in [3.63, 3.8) is 0 Å². The van der Waals surface area contributed by atoms with E-state index in [0.717, 1.165) is 67.1 Å². The number of benzene rings is 18. The summed E-state index contributed by atoms with van der Waals surface area (Å²) in [5, 5.41) is 26.6. The zero-order valence-electron chi connectivity index (χ0n) is 65.6. The Morgan fingerprint density at radius 1 is 0.171 bits per heavy atom. The molecule has 570 valence electrons. The number of nitrogens with zero attached hydrogens (tertiary/aromatic N) is 9. The molecule has 0 aliphatic carbocycles. The summed E-state index contributed by atoms with van der Waals surface area (Å²) in [6.07, 6.45) is 0. The molecule has 12 heteroatoms. The summed E-state index contributed by atoms with van der Waals surface area (Å²) in [5.41, 5.74) is 23.8. The molecule has 0 saturated carbocycles. The van der Waals surface area contributed by atoms with Crippen LogP contribution < -0.4 is 0 Å². The van der Waals surface area contributed by atoms with Gasteiger partial charge in [-0.25, -0.2) is 15.0 Å². The van der Waals surface area contributed by atoms with Gasteiger partial charge in [-0.15, -0.1) is 34.0 Å².